The number of benzene rings is 1. The van der Waals surface area contributed by atoms with E-state index in [9.17, 15) is 9.90 Å². The molecule has 2 aromatic heterocycles. The van der Waals surface area contributed by atoms with Crippen molar-refractivity contribution in [3.63, 3.8) is 0 Å². The van der Waals surface area contributed by atoms with Gasteiger partial charge in [0.1, 0.15) is 5.69 Å². The molecule has 6 heteroatoms. The second kappa shape index (κ2) is 7.60. The first-order valence-electron chi connectivity index (χ1n) is 8.89. The van der Waals surface area contributed by atoms with Crippen LogP contribution in [-0.4, -0.2) is 32.0 Å². The maximum atomic E-state index is 12.6. The van der Waals surface area contributed by atoms with Crippen LogP contribution in [0.2, 0.25) is 0 Å². The smallest absolute Gasteiger partial charge is 0.269 e. The summed E-state index contributed by atoms with van der Waals surface area (Å²) >= 11 is 1.46. The van der Waals surface area contributed by atoms with Crippen LogP contribution in [0.5, 0.6) is 0 Å². The van der Waals surface area contributed by atoms with E-state index in [0.29, 0.717) is 5.69 Å². The van der Waals surface area contributed by atoms with Gasteiger partial charge >= 0.3 is 0 Å². The molecule has 0 saturated carbocycles. The predicted octanol–water partition coefficient (Wildman–Crippen LogP) is 4.12. The van der Waals surface area contributed by atoms with Crippen molar-refractivity contribution in [2.24, 2.45) is 0 Å². The van der Waals surface area contributed by atoms with Crippen molar-refractivity contribution >= 4 is 22.2 Å². The molecule has 0 aliphatic heterocycles. The molecular weight excluding hydrogens is 346 g/mol. The number of nitrogens with one attached hydrogen (secondary N) is 1. The number of hydrogen-bond donors (Lipinski definition) is 2. The molecule has 3 rings (SSSR count). The van der Waals surface area contributed by atoms with Gasteiger partial charge in [-0.1, -0.05) is 30.3 Å². The lowest BCUT2D eigenvalue weighted by Crippen LogP contribution is -2.33. The van der Waals surface area contributed by atoms with Crippen LogP contribution in [0.4, 0.5) is 0 Å². The molecule has 0 saturated heterocycles. The molecule has 2 N–H and O–H groups in total. The molecule has 5 nitrogen and oxygen atoms in total. The number of aromatic nitrogens is 2. The Bertz CT molecular complexity index is 877. The molecule has 0 aliphatic carbocycles. The highest BCUT2D eigenvalue weighted by Crippen LogP contribution is 2.23. The van der Waals surface area contributed by atoms with Crippen LogP contribution in [0.1, 0.15) is 50.5 Å². The Kier molecular flexibility index (Phi) is 5.44. The molecule has 1 atom stereocenters. The Morgan fingerprint density at radius 1 is 1.35 bits per heavy atom. The highest BCUT2D eigenvalue weighted by molar-refractivity contribution is 7.15. The quantitative estimate of drug-likeness (QED) is 0.656. The number of amides is 1. The zero-order chi connectivity index (χ0) is 18.7. The van der Waals surface area contributed by atoms with E-state index in [-0.39, 0.29) is 11.9 Å². The summed E-state index contributed by atoms with van der Waals surface area (Å²) in [6, 6.07) is 10.0. The standard InChI is InChI=1S/C20H25N3O2S/c1-14(8-7-11-20(2,3)25)21-18(24)17-13-26-19-22-16(12-23(17)19)15-9-5-4-6-10-15/h4-6,9-10,12-14,25H,7-8,11H2,1-3H3,(H,21,24)/t14-/m0/s1. The molecule has 0 radical (unpaired) electrons. The number of thiazole rings is 1. The maximum Gasteiger partial charge on any atom is 0.269 e. The zero-order valence-electron chi connectivity index (χ0n) is 15.4. The minimum Gasteiger partial charge on any atom is -0.390 e. The molecule has 3 aromatic rings. The average Bonchev–Trinajstić information content (AvgIpc) is 3.14. The molecule has 1 amide bonds. The van der Waals surface area contributed by atoms with Gasteiger partial charge in [0.2, 0.25) is 0 Å². The Hall–Kier alpha value is -2.18. The van der Waals surface area contributed by atoms with Gasteiger partial charge in [0.05, 0.1) is 11.3 Å². The third-order valence-electron chi connectivity index (χ3n) is 4.31. The van der Waals surface area contributed by atoms with Crippen molar-refractivity contribution in [3.05, 3.63) is 47.6 Å². The molecule has 2 heterocycles. The van der Waals surface area contributed by atoms with Crippen LogP contribution in [0, 0.1) is 0 Å². The highest BCUT2D eigenvalue weighted by Gasteiger charge is 2.18. The van der Waals surface area contributed by atoms with Gasteiger partial charge in [0.15, 0.2) is 4.96 Å². The predicted molar refractivity (Wildman–Crippen MR) is 106 cm³/mol. The van der Waals surface area contributed by atoms with E-state index in [4.69, 9.17) is 0 Å². The summed E-state index contributed by atoms with van der Waals surface area (Å²) in [4.78, 5) is 18.1. The maximum absolute atomic E-state index is 12.6. The lowest BCUT2D eigenvalue weighted by molar-refractivity contribution is 0.0674. The van der Waals surface area contributed by atoms with Gasteiger partial charge in [-0.3, -0.25) is 9.20 Å². The van der Waals surface area contributed by atoms with Crippen molar-refractivity contribution in [3.8, 4) is 11.3 Å². The van der Waals surface area contributed by atoms with E-state index < -0.39 is 5.60 Å². The third kappa shape index (κ3) is 4.51. The van der Waals surface area contributed by atoms with Crippen LogP contribution in [0.3, 0.4) is 0 Å². The summed E-state index contributed by atoms with van der Waals surface area (Å²) in [5.74, 6) is -0.0935. The molecule has 0 bridgehead atoms. The van der Waals surface area contributed by atoms with E-state index >= 15 is 0 Å². The van der Waals surface area contributed by atoms with Gasteiger partial charge in [0.25, 0.3) is 5.91 Å². The normalized spacial score (nSPS) is 13.1. The summed E-state index contributed by atoms with van der Waals surface area (Å²) in [5, 5.41) is 14.7. The number of carbonyl (C=O) groups is 1. The van der Waals surface area contributed by atoms with E-state index in [2.05, 4.69) is 10.3 Å². The molecular formula is C20H25N3O2S. The Labute approximate surface area is 157 Å². The first kappa shape index (κ1) is 18.6. The molecule has 0 fully saturated rings. The fraction of sp³-hybridized carbons (Fsp3) is 0.400. The van der Waals surface area contributed by atoms with Crippen LogP contribution in [-0.2, 0) is 0 Å². The topological polar surface area (TPSA) is 66.6 Å². The molecule has 0 unspecified atom stereocenters. The fourth-order valence-corrected chi connectivity index (χ4v) is 3.76. The van der Waals surface area contributed by atoms with Crippen LogP contribution in [0.25, 0.3) is 16.2 Å². The largest absolute Gasteiger partial charge is 0.390 e. The molecule has 0 aliphatic rings. The minimum absolute atomic E-state index is 0.0527. The van der Waals surface area contributed by atoms with Gasteiger partial charge in [-0.15, -0.1) is 11.3 Å². The van der Waals surface area contributed by atoms with Crippen molar-refractivity contribution in [2.45, 2.75) is 51.7 Å². The molecule has 1 aromatic carbocycles. The first-order chi connectivity index (χ1) is 12.3. The fourth-order valence-electron chi connectivity index (χ4n) is 2.91. The minimum atomic E-state index is -0.659. The molecule has 138 valence electrons. The van der Waals surface area contributed by atoms with E-state index in [1.54, 1.807) is 0 Å². The highest BCUT2D eigenvalue weighted by atomic mass is 32.1. The van der Waals surface area contributed by atoms with E-state index in [1.165, 1.54) is 11.3 Å². The average molecular weight is 372 g/mol. The summed E-state index contributed by atoms with van der Waals surface area (Å²) in [6.07, 6.45) is 4.34. The van der Waals surface area contributed by atoms with Gasteiger partial charge in [-0.2, -0.15) is 0 Å². The van der Waals surface area contributed by atoms with Crippen LogP contribution < -0.4 is 5.32 Å². The number of rotatable bonds is 7. The van der Waals surface area contributed by atoms with Crippen molar-refractivity contribution in [1.82, 2.24) is 14.7 Å². The van der Waals surface area contributed by atoms with Crippen molar-refractivity contribution < 1.29 is 9.90 Å². The van der Waals surface area contributed by atoms with Gasteiger partial charge in [0, 0.05) is 23.2 Å². The van der Waals surface area contributed by atoms with E-state index in [0.717, 1.165) is 35.5 Å². The lowest BCUT2D eigenvalue weighted by Gasteiger charge is -2.19. The number of imidazole rings is 1. The van der Waals surface area contributed by atoms with Crippen LogP contribution in [0.15, 0.2) is 41.9 Å². The summed E-state index contributed by atoms with van der Waals surface area (Å²) in [7, 11) is 0. The van der Waals surface area contributed by atoms with Gasteiger partial charge < -0.3 is 10.4 Å². The van der Waals surface area contributed by atoms with E-state index in [1.807, 2.05) is 67.1 Å². The van der Waals surface area contributed by atoms with Gasteiger partial charge in [-0.05, 0) is 40.0 Å². The molecule has 26 heavy (non-hydrogen) atoms. The first-order valence-corrected chi connectivity index (χ1v) is 9.77. The lowest BCUT2D eigenvalue weighted by atomic mass is 10.00. The second-order valence-electron chi connectivity index (χ2n) is 7.34. The summed E-state index contributed by atoms with van der Waals surface area (Å²) in [5.41, 5.74) is 1.85. The van der Waals surface area contributed by atoms with Crippen molar-refractivity contribution in [2.75, 3.05) is 0 Å². The monoisotopic (exact) mass is 371 g/mol. The number of nitrogens with zero attached hydrogens (tertiary/aromatic N) is 2. The van der Waals surface area contributed by atoms with Crippen LogP contribution >= 0.6 is 11.3 Å². The Balaban J connectivity index is 1.68. The Morgan fingerprint density at radius 3 is 2.77 bits per heavy atom. The zero-order valence-corrected chi connectivity index (χ0v) is 16.2. The third-order valence-corrected chi connectivity index (χ3v) is 5.15. The number of fused-ring (bicyclic) bond motifs is 1. The van der Waals surface area contributed by atoms with Gasteiger partial charge in [-0.25, -0.2) is 4.98 Å². The second-order valence-corrected chi connectivity index (χ2v) is 8.18. The molecule has 0 spiro atoms. The van der Waals surface area contributed by atoms with Crippen molar-refractivity contribution in [1.29, 1.82) is 0 Å². The number of carbonyl (C=O) groups excluding carboxylic acids is 1. The SMILES string of the molecule is C[C@@H](CCCC(C)(C)O)NC(=O)c1csc2nc(-c3ccccc3)cn12. The number of hydrogen-bond acceptors (Lipinski definition) is 4. The summed E-state index contributed by atoms with van der Waals surface area (Å²) < 4.78 is 1.85. The number of aliphatic hydroxyl groups is 1. The summed E-state index contributed by atoms with van der Waals surface area (Å²) in [6.45, 7) is 5.61. The Morgan fingerprint density at radius 2 is 2.08 bits per heavy atom.